The third-order valence-electron chi connectivity index (χ3n) is 3.65. The highest BCUT2D eigenvalue weighted by Crippen LogP contribution is 2.26. The molecule has 0 saturated carbocycles. The molecule has 1 aromatic heterocycles. The summed E-state index contributed by atoms with van der Waals surface area (Å²) in [5.74, 6) is 1.40. The van der Waals surface area contributed by atoms with Crippen LogP contribution in [0.3, 0.4) is 0 Å². The quantitative estimate of drug-likeness (QED) is 0.668. The van der Waals surface area contributed by atoms with Crippen LogP contribution in [0.1, 0.15) is 18.1 Å². The number of ether oxygens (including phenoxy) is 1. The molecule has 0 fully saturated rings. The fourth-order valence-corrected chi connectivity index (χ4v) is 2.76. The predicted octanol–water partition coefficient (Wildman–Crippen LogP) is 4.19. The van der Waals surface area contributed by atoms with Crippen LogP contribution in [0.5, 0.6) is 5.75 Å². The fourth-order valence-electron chi connectivity index (χ4n) is 2.25. The van der Waals surface area contributed by atoms with Gasteiger partial charge in [0.1, 0.15) is 12.4 Å². The minimum absolute atomic E-state index is 0.321. The summed E-state index contributed by atoms with van der Waals surface area (Å²) in [7, 11) is 0. The number of benzene rings is 2. The van der Waals surface area contributed by atoms with Gasteiger partial charge in [-0.15, -0.1) is 0 Å². The molecule has 3 rings (SSSR count). The average Bonchev–Trinajstić information content (AvgIpc) is 3.08. The number of tetrazole rings is 1. The molecule has 8 heteroatoms. The van der Waals surface area contributed by atoms with Gasteiger partial charge in [0.05, 0.1) is 0 Å². The molecule has 25 heavy (non-hydrogen) atoms. The van der Waals surface area contributed by atoms with E-state index in [0.29, 0.717) is 35.7 Å². The van der Waals surface area contributed by atoms with Gasteiger partial charge in [0.2, 0.25) is 5.95 Å². The van der Waals surface area contributed by atoms with Crippen molar-refractivity contribution in [3.8, 4) is 5.75 Å². The van der Waals surface area contributed by atoms with Crippen LogP contribution in [-0.4, -0.2) is 20.2 Å². The first-order valence-electron chi connectivity index (χ1n) is 7.82. The van der Waals surface area contributed by atoms with E-state index in [9.17, 15) is 0 Å². The minimum Gasteiger partial charge on any atom is -0.489 e. The fraction of sp³-hybridized carbons (Fsp3) is 0.235. The number of rotatable bonds is 7. The number of aromatic nitrogens is 4. The minimum atomic E-state index is 0.321. The number of halogens is 2. The largest absolute Gasteiger partial charge is 0.489 e. The van der Waals surface area contributed by atoms with Crippen LogP contribution in [0.25, 0.3) is 0 Å². The molecule has 3 aromatic rings. The first-order chi connectivity index (χ1) is 12.2. The van der Waals surface area contributed by atoms with Crippen LogP contribution in [0, 0.1) is 0 Å². The van der Waals surface area contributed by atoms with Crippen molar-refractivity contribution in [1.29, 1.82) is 0 Å². The summed E-state index contributed by atoms with van der Waals surface area (Å²) in [4.78, 5) is 0. The van der Waals surface area contributed by atoms with Gasteiger partial charge in [-0.3, -0.25) is 0 Å². The Morgan fingerprint density at radius 1 is 1.08 bits per heavy atom. The summed E-state index contributed by atoms with van der Waals surface area (Å²) >= 11 is 12.3. The van der Waals surface area contributed by atoms with Gasteiger partial charge >= 0.3 is 0 Å². The second kappa shape index (κ2) is 8.18. The normalized spacial score (nSPS) is 10.7. The maximum atomic E-state index is 6.14. The Kier molecular flexibility index (Phi) is 5.73. The summed E-state index contributed by atoms with van der Waals surface area (Å²) in [6.45, 7) is 3.64. The van der Waals surface area contributed by atoms with Crippen LogP contribution < -0.4 is 10.1 Å². The highest BCUT2D eigenvalue weighted by molar-refractivity contribution is 6.35. The third-order valence-corrected chi connectivity index (χ3v) is 4.36. The van der Waals surface area contributed by atoms with Crippen LogP contribution in [0.15, 0.2) is 42.5 Å². The molecule has 0 aliphatic rings. The number of hydrogen-bond donors (Lipinski definition) is 1. The number of hydrogen-bond acceptors (Lipinski definition) is 5. The van der Waals surface area contributed by atoms with Gasteiger partial charge in [-0.2, -0.15) is 0 Å². The molecule has 130 valence electrons. The second-order valence-electron chi connectivity index (χ2n) is 5.30. The van der Waals surface area contributed by atoms with E-state index in [2.05, 4.69) is 20.8 Å². The molecule has 1 heterocycles. The van der Waals surface area contributed by atoms with E-state index >= 15 is 0 Å². The zero-order chi connectivity index (χ0) is 17.6. The van der Waals surface area contributed by atoms with Crippen LogP contribution in [0.2, 0.25) is 10.0 Å². The Bertz CT molecular complexity index is 815. The third kappa shape index (κ3) is 4.41. The lowest BCUT2D eigenvalue weighted by atomic mass is 10.2. The molecular weight excluding hydrogens is 361 g/mol. The lowest BCUT2D eigenvalue weighted by Gasteiger charge is -2.10. The molecule has 0 amide bonds. The summed E-state index contributed by atoms with van der Waals surface area (Å²) in [6, 6.07) is 13.2. The Balaban J connectivity index is 1.57. The molecule has 0 aliphatic heterocycles. The molecule has 0 bridgehead atoms. The number of aryl methyl sites for hydroxylation is 1. The number of nitrogens with zero attached hydrogens (tertiary/aromatic N) is 4. The van der Waals surface area contributed by atoms with Crippen LogP contribution in [-0.2, 0) is 19.7 Å². The zero-order valence-electron chi connectivity index (χ0n) is 13.6. The van der Waals surface area contributed by atoms with Gasteiger partial charge in [-0.1, -0.05) is 46.5 Å². The molecule has 0 saturated heterocycles. The van der Waals surface area contributed by atoms with Crippen molar-refractivity contribution in [1.82, 2.24) is 20.2 Å². The topological polar surface area (TPSA) is 64.9 Å². The van der Waals surface area contributed by atoms with Crippen LogP contribution in [0.4, 0.5) is 5.95 Å². The van der Waals surface area contributed by atoms with Gasteiger partial charge in [-0.05, 0) is 47.2 Å². The SMILES string of the molecule is CCn1nnnc1NCc1ccc(OCc2c(Cl)cccc2Cl)cc1. The lowest BCUT2D eigenvalue weighted by molar-refractivity contribution is 0.306. The van der Waals surface area contributed by atoms with Gasteiger partial charge in [-0.25, -0.2) is 4.68 Å². The molecule has 0 radical (unpaired) electrons. The molecule has 0 atom stereocenters. The van der Waals surface area contributed by atoms with Crippen molar-refractivity contribution in [2.75, 3.05) is 5.32 Å². The monoisotopic (exact) mass is 377 g/mol. The Labute approximate surface area is 155 Å². The van der Waals surface area contributed by atoms with E-state index in [1.165, 1.54) is 0 Å². The molecule has 2 aromatic carbocycles. The van der Waals surface area contributed by atoms with Crippen molar-refractivity contribution in [2.45, 2.75) is 26.6 Å². The maximum Gasteiger partial charge on any atom is 0.243 e. The van der Waals surface area contributed by atoms with E-state index in [1.807, 2.05) is 37.3 Å². The first kappa shape index (κ1) is 17.5. The Morgan fingerprint density at radius 3 is 2.48 bits per heavy atom. The van der Waals surface area contributed by atoms with Gasteiger partial charge in [0.15, 0.2) is 0 Å². The smallest absolute Gasteiger partial charge is 0.243 e. The average molecular weight is 378 g/mol. The molecular formula is C17H17Cl2N5O. The standard InChI is InChI=1S/C17H17Cl2N5O/c1-2-24-17(21-22-23-24)20-10-12-6-8-13(9-7-12)25-11-14-15(18)4-3-5-16(14)19/h3-9H,2,10-11H2,1H3,(H,20,21,23). The van der Waals surface area contributed by atoms with E-state index < -0.39 is 0 Å². The second-order valence-corrected chi connectivity index (χ2v) is 6.12. The van der Waals surface area contributed by atoms with E-state index in [4.69, 9.17) is 27.9 Å². The van der Waals surface area contributed by atoms with Gasteiger partial charge in [0.25, 0.3) is 0 Å². The van der Waals surface area contributed by atoms with Crippen molar-refractivity contribution in [3.63, 3.8) is 0 Å². The Hall–Kier alpha value is -2.31. The van der Waals surface area contributed by atoms with E-state index in [0.717, 1.165) is 16.9 Å². The summed E-state index contributed by atoms with van der Waals surface area (Å²) in [6.07, 6.45) is 0. The van der Waals surface area contributed by atoms with E-state index in [1.54, 1.807) is 16.8 Å². The summed E-state index contributed by atoms with van der Waals surface area (Å²) < 4.78 is 7.47. The van der Waals surface area contributed by atoms with Crippen molar-refractivity contribution in [3.05, 3.63) is 63.6 Å². The molecule has 0 spiro atoms. The highest BCUT2D eigenvalue weighted by Gasteiger charge is 2.07. The molecule has 1 N–H and O–H groups in total. The van der Waals surface area contributed by atoms with E-state index in [-0.39, 0.29) is 0 Å². The number of anilines is 1. The predicted molar refractivity (Wildman–Crippen MR) is 98.1 cm³/mol. The maximum absolute atomic E-state index is 6.14. The zero-order valence-corrected chi connectivity index (χ0v) is 15.1. The van der Waals surface area contributed by atoms with Crippen molar-refractivity contribution >= 4 is 29.2 Å². The first-order valence-corrected chi connectivity index (χ1v) is 8.57. The number of nitrogens with one attached hydrogen (secondary N) is 1. The molecule has 0 aliphatic carbocycles. The Morgan fingerprint density at radius 2 is 1.80 bits per heavy atom. The summed E-state index contributed by atoms with van der Waals surface area (Å²) in [5, 5.41) is 15.9. The summed E-state index contributed by atoms with van der Waals surface area (Å²) in [5.41, 5.74) is 1.87. The van der Waals surface area contributed by atoms with Crippen LogP contribution >= 0.6 is 23.2 Å². The van der Waals surface area contributed by atoms with Crippen molar-refractivity contribution in [2.24, 2.45) is 0 Å². The highest BCUT2D eigenvalue weighted by atomic mass is 35.5. The molecule has 0 unspecified atom stereocenters. The van der Waals surface area contributed by atoms with Gasteiger partial charge in [0, 0.05) is 28.7 Å². The van der Waals surface area contributed by atoms with Gasteiger partial charge < -0.3 is 10.1 Å². The molecule has 6 nitrogen and oxygen atoms in total. The van der Waals surface area contributed by atoms with Crippen molar-refractivity contribution < 1.29 is 4.74 Å². The lowest BCUT2D eigenvalue weighted by Crippen LogP contribution is -2.07.